The second kappa shape index (κ2) is 6.30. The first kappa shape index (κ1) is 16.2. The molecule has 3 nitrogen and oxygen atoms in total. The van der Waals surface area contributed by atoms with Gasteiger partial charge in [-0.3, -0.25) is 0 Å². The molecule has 2 rings (SSSR count). The van der Waals surface area contributed by atoms with Gasteiger partial charge >= 0.3 is 0 Å². The Morgan fingerprint density at radius 1 is 1.19 bits per heavy atom. The number of hydrogen-bond donors (Lipinski definition) is 1. The summed E-state index contributed by atoms with van der Waals surface area (Å²) >= 11 is 2.33. The molecule has 2 aromatic rings. The summed E-state index contributed by atoms with van der Waals surface area (Å²) in [6.45, 7) is 8.67. The molecule has 0 aliphatic heterocycles. The number of hydrogen-bond acceptors (Lipinski definition) is 3. The van der Waals surface area contributed by atoms with E-state index in [0.29, 0.717) is 0 Å². The highest BCUT2D eigenvalue weighted by molar-refractivity contribution is 14.1. The van der Waals surface area contributed by atoms with Crippen molar-refractivity contribution < 1.29 is 0 Å². The average molecular weight is 395 g/mol. The quantitative estimate of drug-likeness (QED) is 0.787. The maximum atomic E-state index is 4.82. The maximum absolute atomic E-state index is 4.82. The standard InChI is InChI=1S/C17H22IN3/c1-11-7-6-8-12(9-11)10-13-20-15(17(2,3)4)14(18)16(19-5)21-13/h6-9H,10H2,1-5H3,(H,19,20,21). The van der Waals surface area contributed by atoms with Crippen LogP contribution in [-0.4, -0.2) is 17.0 Å². The first-order chi connectivity index (χ1) is 9.81. The van der Waals surface area contributed by atoms with Crippen molar-refractivity contribution in [3.05, 3.63) is 50.5 Å². The van der Waals surface area contributed by atoms with Crippen LogP contribution in [0.2, 0.25) is 0 Å². The van der Waals surface area contributed by atoms with E-state index >= 15 is 0 Å². The fraction of sp³-hybridized carbons (Fsp3) is 0.412. The Bertz CT molecular complexity index is 645. The lowest BCUT2D eigenvalue weighted by molar-refractivity contribution is 0.559. The molecular weight excluding hydrogens is 373 g/mol. The number of anilines is 1. The van der Waals surface area contributed by atoms with E-state index in [1.54, 1.807) is 0 Å². The molecule has 0 aliphatic rings. The molecule has 112 valence electrons. The summed E-state index contributed by atoms with van der Waals surface area (Å²) in [5.74, 6) is 1.79. The highest BCUT2D eigenvalue weighted by Crippen LogP contribution is 2.29. The molecule has 0 aliphatic carbocycles. The van der Waals surface area contributed by atoms with Gasteiger partial charge < -0.3 is 5.32 Å². The number of aryl methyl sites for hydroxylation is 1. The van der Waals surface area contributed by atoms with Crippen LogP contribution in [0.4, 0.5) is 5.82 Å². The van der Waals surface area contributed by atoms with Crippen molar-refractivity contribution in [2.24, 2.45) is 0 Å². The molecule has 1 N–H and O–H groups in total. The van der Waals surface area contributed by atoms with Gasteiger partial charge in [0, 0.05) is 18.9 Å². The zero-order valence-electron chi connectivity index (χ0n) is 13.3. The van der Waals surface area contributed by atoms with E-state index in [0.717, 1.165) is 27.3 Å². The normalized spacial score (nSPS) is 11.5. The molecule has 0 saturated heterocycles. The van der Waals surface area contributed by atoms with Gasteiger partial charge in [-0.2, -0.15) is 0 Å². The molecule has 0 radical (unpaired) electrons. The molecule has 0 fully saturated rings. The molecule has 1 aromatic carbocycles. The first-order valence-electron chi connectivity index (χ1n) is 7.11. The predicted octanol–water partition coefficient (Wildman–Crippen LogP) is 4.32. The summed E-state index contributed by atoms with van der Waals surface area (Å²) < 4.78 is 1.11. The van der Waals surface area contributed by atoms with Crippen LogP contribution in [-0.2, 0) is 11.8 Å². The minimum atomic E-state index is 0.00637. The maximum Gasteiger partial charge on any atom is 0.143 e. The van der Waals surface area contributed by atoms with Crippen molar-refractivity contribution in [2.75, 3.05) is 12.4 Å². The Balaban J connectivity index is 2.45. The van der Waals surface area contributed by atoms with Crippen molar-refractivity contribution in [1.82, 2.24) is 9.97 Å². The van der Waals surface area contributed by atoms with Gasteiger partial charge in [-0.25, -0.2) is 9.97 Å². The number of nitrogens with one attached hydrogen (secondary N) is 1. The molecule has 0 unspecified atom stereocenters. The molecule has 0 bridgehead atoms. The van der Waals surface area contributed by atoms with Gasteiger partial charge in [0.2, 0.25) is 0 Å². The Kier molecular flexibility index (Phi) is 4.86. The van der Waals surface area contributed by atoms with Crippen LogP contribution < -0.4 is 5.32 Å². The monoisotopic (exact) mass is 395 g/mol. The van der Waals surface area contributed by atoms with E-state index in [9.17, 15) is 0 Å². The Hall–Kier alpha value is -1.17. The van der Waals surface area contributed by atoms with Crippen molar-refractivity contribution in [2.45, 2.75) is 39.5 Å². The minimum Gasteiger partial charge on any atom is -0.372 e. The van der Waals surface area contributed by atoms with Crippen LogP contribution in [0.3, 0.4) is 0 Å². The third kappa shape index (κ3) is 3.93. The van der Waals surface area contributed by atoms with Gasteiger partial charge in [0.15, 0.2) is 0 Å². The molecule has 0 atom stereocenters. The van der Waals surface area contributed by atoms with Gasteiger partial charge in [-0.1, -0.05) is 50.6 Å². The van der Waals surface area contributed by atoms with Gasteiger partial charge in [0.1, 0.15) is 11.6 Å². The third-order valence-electron chi connectivity index (χ3n) is 3.29. The van der Waals surface area contributed by atoms with E-state index in [2.05, 4.69) is 84.9 Å². The third-order valence-corrected chi connectivity index (χ3v) is 4.31. The van der Waals surface area contributed by atoms with Crippen molar-refractivity contribution >= 4 is 28.4 Å². The van der Waals surface area contributed by atoms with Crippen molar-refractivity contribution in [3.63, 3.8) is 0 Å². The smallest absolute Gasteiger partial charge is 0.143 e. The van der Waals surface area contributed by atoms with Crippen LogP contribution >= 0.6 is 22.6 Å². The highest BCUT2D eigenvalue weighted by Gasteiger charge is 2.22. The highest BCUT2D eigenvalue weighted by atomic mass is 127. The second-order valence-corrected chi connectivity index (χ2v) is 7.40. The van der Waals surface area contributed by atoms with Crippen LogP contribution in [0.15, 0.2) is 24.3 Å². The van der Waals surface area contributed by atoms with E-state index in [4.69, 9.17) is 4.98 Å². The zero-order chi connectivity index (χ0) is 15.6. The van der Waals surface area contributed by atoms with Crippen LogP contribution in [0.5, 0.6) is 0 Å². The Morgan fingerprint density at radius 2 is 1.90 bits per heavy atom. The summed E-state index contributed by atoms with van der Waals surface area (Å²) in [6, 6.07) is 8.51. The molecule has 0 amide bonds. The number of rotatable bonds is 3. The molecule has 1 aromatic heterocycles. The fourth-order valence-electron chi connectivity index (χ4n) is 2.24. The number of nitrogens with zero attached hydrogens (tertiary/aromatic N) is 2. The molecule has 21 heavy (non-hydrogen) atoms. The van der Waals surface area contributed by atoms with Crippen molar-refractivity contribution in [1.29, 1.82) is 0 Å². The Labute approximate surface area is 140 Å². The largest absolute Gasteiger partial charge is 0.372 e. The SMILES string of the molecule is CNc1nc(Cc2cccc(C)c2)nc(C(C)(C)C)c1I. The number of benzene rings is 1. The molecule has 4 heteroatoms. The molecular formula is C17H22IN3. The summed E-state index contributed by atoms with van der Waals surface area (Å²) in [4.78, 5) is 9.48. The van der Waals surface area contributed by atoms with Gasteiger partial charge in [-0.15, -0.1) is 0 Å². The van der Waals surface area contributed by atoms with E-state index in [-0.39, 0.29) is 5.41 Å². The summed E-state index contributed by atoms with van der Waals surface area (Å²) in [7, 11) is 1.91. The number of halogens is 1. The molecule has 1 heterocycles. The van der Waals surface area contributed by atoms with Crippen molar-refractivity contribution in [3.8, 4) is 0 Å². The topological polar surface area (TPSA) is 37.8 Å². The van der Waals surface area contributed by atoms with Gasteiger partial charge in [0.25, 0.3) is 0 Å². The van der Waals surface area contributed by atoms with E-state index < -0.39 is 0 Å². The van der Waals surface area contributed by atoms with Crippen LogP contribution in [0.1, 0.15) is 43.4 Å². The Morgan fingerprint density at radius 3 is 2.48 bits per heavy atom. The second-order valence-electron chi connectivity index (χ2n) is 6.32. The minimum absolute atomic E-state index is 0.00637. The van der Waals surface area contributed by atoms with Crippen LogP contribution in [0.25, 0.3) is 0 Å². The fourth-order valence-corrected chi connectivity index (χ4v) is 3.56. The molecule has 0 saturated carbocycles. The van der Waals surface area contributed by atoms with E-state index in [1.807, 2.05) is 7.05 Å². The molecule has 0 spiro atoms. The average Bonchev–Trinajstić information content (AvgIpc) is 2.39. The van der Waals surface area contributed by atoms with Gasteiger partial charge in [0.05, 0.1) is 9.26 Å². The summed E-state index contributed by atoms with van der Waals surface area (Å²) in [5, 5.41) is 3.19. The van der Waals surface area contributed by atoms with Crippen LogP contribution in [0, 0.1) is 10.5 Å². The lowest BCUT2D eigenvalue weighted by Gasteiger charge is -2.21. The zero-order valence-corrected chi connectivity index (χ0v) is 15.4. The van der Waals surface area contributed by atoms with E-state index in [1.165, 1.54) is 11.1 Å². The summed E-state index contributed by atoms with van der Waals surface area (Å²) in [5.41, 5.74) is 3.62. The number of aromatic nitrogens is 2. The lowest BCUT2D eigenvalue weighted by atomic mass is 9.91. The van der Waals surface area contributed by atoms with Gasteiger partial charge in [-0.05, 0) is 35.1 Å². The lowest BCUT2D eigenvalue weighted by Crippen LogP contribution is -2.19. The summed E-state index contributed by atoms with van der Waals surface area (Å²) in [6.07, 6.45) is 0.760. The predicted molar refractivity (Wildman–Crippen MR) is 97.0 cm³/mol. The first-order valence-corrected chi connectivity index (χ1v) is 8.19.